The predicted octanol–water partition coefficient (Wildman–Crippen LogP) is 5.19. The molecule has 2 aromatic rings. The van der Waals surface area contributed by atoms with Crippen molar-refractivity contribution in [3.05, 3.63) is 49.8 Å². The van der Waals surface area contributed by atoms with Gasteiger partial charge in [-0.15, -0.1) is 0 Å². The van der Waals surface area contributed by atoms with E-state index in [2.05, 4.69) is 26.4 Å². The van der Waals surface area contributed by atoms with Crippen LogP contribution in [0.25, 0.3) is 11.3 Å². The summed E-state index contributed by atoms with van der Waals surface area (Å²) in [5, 5.41) is 22.5. The van der Waals surface area contributed by atoms with E-state index in [1.165, 1.54) is 6.42 Å². The number of aliphatic hydroxyl groups is 1. The number of nitrogens with zero attached hydrogens (tertiary/aromatic N) is 3. The Morgan fingerprint density at radius 1 is 1.29 bits per heavy atom. The first kappa shape index (κ1) is 22.6. The average Bonchev–Trinajstić information content (AvgIpc) is 3.22. The number of rotatable bonds is 4. The summed E-state index contributed by atoms with van der Waals surface area (Å²) in [6.45, 7) is 1.87. The van der Waals surface area contributed by atoms with E-state index in [-0.39, 0.29) is 11.7 Å². The second-order valence-corrected chi connectivity index (χ2v) is 9.46. The topological polar surface area (TPSA) is 81.8 Å². The summed E-state index contributed by atoms with van der Waals surface area (Å²) in [5.41, 5.74) is 1.85. The Morgan fingerprint density at radius 3 is 2.68 bits per heavy atom. The number of hydrogen-bond donors (Lipinski definition) is 2. The smallest absolute Gasteiger partial charge is 0.278 e. The normalized spacial score (nSPS) is 20.6. The monoisotopic (exact) mass is 528 g/mol. The van der Waals surface area contributed by atoms with E-state index in [1.807, 2.05) is 24.0 Å². The maximum absolute atomic E-state index is 13.0. The zero-order valence-electron chi connectivity index (χ0n) is 17.2. The number of hydrogen-bond acceptors (Lipinski definition) is 6. The SMILES string of the molecule is CC1=C(NC(=O)c2noc(-c3ccc(Cl)cc3Cl)c2Br)C(O)N(C2CCCCC2)N1C. The lowest BCUT2D eigenvalue weighted by molar-refractivity contribution is -0.106. The standard InChI is InChI=1S/C21H23BrCl2N4O3/c1-11-17(21(30)28(27(11)2)13-6-4-3-5-7-13)25-20(29)18-16(22)19(31-26-18)14-9-8-12(23)10-15(14)24/h8-10,13,21,30H,3-7H2,1-2H3,(H,25,29). The van der Waals surface area contributed by atoms with Crippen LogP contribution in [0, 0.1) is 0 Å². The molecule has 1 aliphatic carbocycles. The molecular weight excluding hydrogens is 507 g/mol. The maximum atomic E-state index is 13.0. The van der Waals surface area contributed by atoms with Gasteiger partial charge >= 0.3 is 0 Å². The summed E-state index contributed by atoms with van der Waals surface area (Å²) in [4.78, 5) is 13.0. The molecule has 0 radical (unpaired) electrons. The van der Waals surface area contributed by atoms with E-state index in [1.54, 1.807) is 18.2 Å². The van der Waals surface area contributed by atoms with Crippen LogP contribution in [0.4, 0.5) is 0 Å². The van der Waals surface area contributed by atoms with Crippen LogP contribution < -0.4 is 5.32 Å². The number of carbonyl (C=O) groups is 1. The molecule has 1 fully saturated rings. The summed E-state index contributed by atoms with van der Waals surface area (Å²) >= 11 is 15.6. The Balaban J connectivity index is 1.55. The number of nitrogens with one attached hydrogen (secondary N) is 1. The van der Waals surface area contributed by atoms with Crippen molar-refractivity contribution in [3.63, 3.8) is 0 Å². The Morgan fingerprint density at radius 2 is 2.00 bits per heavy atom. The van der Waals surface area contributed by atoms with Gasteiger partial charge in [0.25, 0.3) is 5.91 Å². The molecule has 166 valence electrons. The minimum Gasteiger partial charge on any atom is -0.371 e. The highest BCUT2D eigenvalue weighted by atomic mass is 79.9. The molecule has 7 nitrogen and oxygen atoms in total. The van der Waals surface area contributed by atoms with Crippen molar-refractivity contribution in [2.75, 3.05) is 7.05 Å². The molecule has 10 heteroatoms. The largest absolute Gasteiger partial charge is 0.371 e. The molecule has 4 rings (SSSR count). The zero-order chi connectivity index (χ0) is 22.3. The number of allylic oxidation sites excluding steroid dienone is 1. The lowest BCUT2D eigenvalue weighted by Crippen LogP contribution is -2.49. The van der Waals surface area contributed by atoms with E-state index < -0.39 is 12.1 Å². The van der Waals surface area contributed by atoms with Crippen molar-refractivity contribution in [3.8, 4) is 11.3 Å². The van der Waals surface area contributed by atoms with Crippen molar-refractivity contribution >= 4 is 45.0 Å². The van der Waals surface area contributed by atoms with Crippen molar-refractivity contribution in [1.82, 2.24) is 20.5 Å². The maximum Gasteiger partial charge on any atom is 0.278 e. The molecular formula is C21H23BrCl2N4O3. The summed E-state index contributed by atoms with van der Waals surface area (Å²) in [5.74, 6) is -0.162. The van der Waals surface area contributed by atoms with Gasteiger partial charge in [0.15, 0.2) is 17.7 Å². The van der Waals surface area contributed by atoms with Gasteiger partial charge in [-0.1, -0.05) is 47.6 Å². The predicted molar refractivity (Wildman–Crippen MR) is 122 cm³/mol. The van der Waals surface area contributed by atoms with Crippen molar-refractivity contribution in [2.24, 2.45) is 0 Å². The second-order valence-electron chi connectivity index (χ2n) is 7.82. The van der Waals surface area contributed by atoms with Gasteiger partial charge in [-0.2, -0.15) is 5.01 Å². The Kier molecular flexibility index (Phi) is 6.65. The van der Waals surface area contributed by atoms with Gasteiger partial charge in [-0.25, -0.2) is 0 Å². The highest BCUT2D eigenvalue weighted by molar-refractivity contribution is 9.10. The first-order chi connectivity index (χ1) is 14.8. The minimum atomic E-state index is -0.923. The van der Waals surface area contributed by atoms with Crippen molar-refractivity contribution in [2.45, 2.75) is 51.3 Å². The quantitative estimate of drug-likeness (QED) is 0.567. The minimum absolute atomic E-state index is 0.0623. The Hall–Kier alpha value is -1.58. The molecule has 1 aliphatic heterocycles. The summed E-state index contributed by atoms with van der Waals surface area (Å²) in [7, 11) is 1.90. The van der Waals surface area contributed by atoms with Crippen molar-refractivity contribution < 1.29 is 14.4 Å². The molecule has 1 atom stereocenters. The third kappa shape index (κ3) is 4.24. The van der Waals surface area contributed by atoms with Crippen LogP contribution in [0.2, 0.25) is 10.0 Å². The number of carbonyl (C=O) groups excluding carboxylic acids is 1. The van der Waals surface area contributed by atoms with E-state index in [9.17, 15) is 9.90 Å². The molecule has 2 aliphatic rings. The fourth-order valence-electron chi connectivity index (χ4n) is 4.22. The number of aliphatic hydroxyl groups excluding tert-OH is 1. The van der Waals surface area contributed by atoms with Crippen molar-refractivity contribution in [1.29, 1.82) is 0 Å². The highest BCUT2D eigenvalue weighted by Crippen LogP contribution is 2.37. The number of amides is 1. The number of aromatic nitrogens is 1. The number of hydrazine groups is 1. The van der Waals surface area contributed by atoms with E-state index >= 15 is 0 Å². The molecule has 1 amide bonds. The van der Waals surface area contributed by atoms with Crippen LogP contribution >= 0.6 is 39.1 Å². The van der Waals surface area contributed by atoms with Crippen LogP contribution in [-0.2, 0) is 0 Å². The van der Waals surface area contributed by atoms with Gasteiger partial charge in [0.05, 0.1) is 15.2 Å². The molecule has 0 bridgehead atoms. The van der Waals surface area contributed by atoms with Crippen LogP contribution in [0.15, 0.2) is 38.6 Å². The van der Waals surface area contributed by atoms with E-state index in [4.69, 9.17) is 27.7 Å². The molecule has 1 aromatic heterocycles. The van der Waals surface area contributed by atoms with E-state index in [0.717, 1.165) is 31.4 Å². The van der Waals surface area contributed by atoms with Gasteiger partial charge in [-0.3, -0.25) is 4.79 Å². The van der Waals surface area contributed by atoms with E-state index in [0.29, 0.717) is 31.5 Å². The molecule has 31 heavy (non-hydrogen) atoms. The molecule has 1 unspecified atom stereocenters. The molecule has 2 N–H and O–H groups in total. The fraction of sp³-hybridized carbons (Fsp3) is 0.429. The first-order valence-corrected chi connectivity index (χ1v) is 11.7. The first-order valence-electron chi connectivity index (χ1n) is 10.1. The fourth-order valence-corrected chi connectivity index (χ4v) is 5.25. The van der Waals surface area contributed by atoms with Crippen LogP contribution in [0.1, 0.15) is 49.5 Å². The molecule has 1 aromatic carbocycles. The Bertz CT molecular complexity index is 1040. The molecule has 2 heterocycles. The molecule has 0 spiro atoms. The van der Waals surface area contributed by atoms with Gasteiger partial charge in [0, 0.05) is 29.4 Å². The van der Waals surface area contributed by atoms with Gasteiger partial charge in [0.1, 0.15) is 0 Å². The number of benzene rings is 1. The van der Waals surface area contributed by atoms with Gasteiger partial charge in [0.2, 0.25) is 0 Å². The summed E-state index contributed by atoms with van der Waals surface area (Å²) < 4.78 is 5.77. The Labute approximate surface area is 199 Å². The average molecular weight is 530 g/mol. The van der Waals surface area contributed by atoms with Gasteiger partial charge < -0.3 is 20.0 Å². The van der Waals surface area contributed by atoms with Crippen LogP contribution in [0.3, 0.4) is 0 Å². The second kappa shape index (κ2) is 9.11. The van der Waals surface area contributed by atoms with Crippen LogP contribution in [0.5, 0.6) is 0 Å². The zero-order valence-corrected chi connectivity index (χ0v) is 20.3. The summed E-state index contributed by atoms with van der Waals surface area (Å²) in [6.07, 6.45) is 4.63. The molecule has 1 saturated carbocycles. The highest BCUT2D eigenvalue weighted by Gasteiger charge is 2.40. The number of halogens is 3. The summed E-state index contributed by atoms with van der Waals surface area (Å²) in [6, 6.07) is 5.21. The van der Waals surface area contributed by atoms with Gasteiger partial charge in [-0.05, 0) is 53.9 Å². The lowest BCUT2D eigenvalue weighted by Gasteiger charge is -2.38. The third-order valence-electron chi connectivity index (χ3n) is 5.95. The third-order valence-corrected chi connectivity index (χ3v) is 7.24. The van der Waals surface area contributed by atoms with Crippen LogP contribution in [-0.4, -0.2) is 45.5 Å². The lowest BCUT2D eigenvalue weighted by atomic mass is 9.95. The molecule has 0 saturated heterocycles.